The SMILES string of the molecule is NC(=O)c1nnc(Cc2ccccc2F)[nH]1. The molecule has 1 aromatic heterocycles. The number of rotatable bonds is 3. The molecule has 0 bridgehead atoms. The van der Waals surface area contributed by atoms with Crippen molar-refractivity contribution in [1.82, 2.24) is 15.2 Å². The van der Waals surface area contributed by atoms with E-state index >= 15 is 0 Å². The number of halogens is 1. The monoisotopic (exact) mass is 220 g/mol. The van der Waals surface area contributed by atoms with Crippen LogP contribution in [0.3, 0.4) is 0 Å². The van der Waals surface area contributed by atoms with Crippen LogP contribution in [-0.2, 0) is 6.42 Å². The predicted molar refractivity (Wildman–Crippen MR) is 54.1 cm³/mol. The number of carbonyl (C=O) groups excluding carboxylic acids is 1. The van der Waals surface area contributed by atoms with Gasteiger partial charge in [-0.15, -0.1) is 10.2 Å². The fourth-order valence-electron chi connectivity index (χ4n) is 1.31. The van der Waals surface area contributed by atoms with E-state index in [-0.39, 0.29) is 18.1 Å². The fraction of sp³-hybridized carbons (Fsp3) is 0.100. The Morgan fingerprint density at radius 2 is 2.12 bits per heavy atom. The Kier molecular flexibility index (Phi) is 2.63. The molecule has 0 saturated carbocycles. The molecule has 2 aromatic rings. The summed E-state index contributed by atoms with van der Waals surface area (Å²) in [6.45, 7) is 0. The van der Waals surface area contributed by atoms with Crippen LogP contribution in [0.5, 0.6) is 0 Å². The molecule has 1 amide bonds. The van der Waals surface area contributed by atoms with Crippen molar-refractivity contribution in [3.63, 3.8) is 0 Å². The Morgan fingerprint density at radius 1 is 1.38 bits per heavy atom. The van der Waals surface area contributed by atoms with Crippen LogP contribution in [0.1, 0.15) is 22.0 Å². The summed E-state index contributed by atoms with van der Waals surface area (Å²) in [5, 5.41) is 7.24. The van der Waals surface area contributed by atoms with Gasteiger partial charge in [0.15, 0.2) is 0 Å². The summed E-state index contributed by atoms with van der Waals surface area (Å²) in [5.41, 5.74) is 5.48. The first-order valence-electron chi connectivity index (χ1n) is 4.61. The maximum Gasteiger partial charge on any atom is 0.286 e. The number of hydrogen-bond acceptors (Lipinski definition) is 3. The van der Waals surface area contributed by atoms with Crippen LogP contribution in [0.15, 0.2) is 24.3 Å². The molecule has 0 saturated heterocycles. The van der Waals surface area contributed by atoms with E-state index in [1.807, 2.05) is 0 Å². The van der Waals surface area contributed by atoms with Gasteiger partial charge in [-0.2, -0.15) is 0 Å². The van der Waals surface area contributed by atoms with Gasteiger partial charge in [0, 0.05) is 6.42 Å². The maximum absolute atomic E-state index is 13.3. The number of H-pyrrole nitrogens is 1. The molecule has 0 aliphatic heterocycles. The summed E-state index contributed by atoms with van der Waals surface area (Å²) < 4.78 is 13.3. The molecular weight excluding hydrogens is 211 g/mol. The van der Waals surface area contributed by atoms with Crippen molar-refractivity contribution in [1.29, 1.82) is 0 Å². The van der Waals surface area contributed by atoms with Crippen molar-refractivity contribution in [2.45, 2.75) is 6.42 Å². The van der Waals surface area contributed by atoms with Gasteiger partial charge < -0.3 is 10.7 Å². The first-order valence-corrected chi connectivity index (χ1v) is 4.61. The lowest BCUT2D eigenvalue weighted by Crippen LogP contribution is -2.12. The summed E-state index contributed by atoms with van der Waals surface area (Å²) in [6, 6.07) is 6.33. The van der Waals surface area contributed by atoms with Crippen molar-refractivity contribution < 1.29 is 9.18 Å². The number of primary amides is 1. The van der Waals surface area contributed by atoms with Crippen molar-refractivity contribution in [3.8, 4) is 0 Å². The molecule has 0 unspecified atom stereocenters. The molecule has 16 heavy (non-hydrogen) atoms. The minimum absolute atomic E-state index is 0.0219. The average Bonchev–Trinajstić information content (AvgIpc) is 2.70. The summed E-state index contributed by atoms with van der Waals surface area (Å²) in [6.07, 6.45) is 0.243. The van der Waals surface area contributed by atoms with Crippen molar-refractivity contribution in [2.75, 3.05) is 0 Å². The molecule has 0 radical (unpaired) electrons. The molecule has 0 atom stereocenters. The minimum Gasteiger partial charge on any atom is -0.363 e. The molecule has 0 aliphatic carbocycles. The molecule has 1 aromatic carbocycles. The maximum atomic E-state index is 13.3. The van der Waals surface area contributed by atoms with E-state index in [2.05, 4.69) is 15.2 Å². The summed E-state index contributed by atoms with van der Waals surface area (Å²) in [5.74, 6) is -0.628. The fourth-order valence-corrected chi connectivity index (χ4v) is 1.31. The largest absolute Gasteiger partial charge is 0.363 e. The quantitative estimate of drug-likeness (QED) is 0.795. The van der Waals surface area contributed by atoms with Crippen molar-refractivity contribution in [3.05, 3.63) is 47.3 Å². The van der Waals surface area contributed by atoms with Crippen molar-refractivity contribution >= 4 is 5.91 Å². The Bertz CT molecular complexity index is 523. The van der Waals surface area contributed by atoms with E-state index in [1.54, 1.807) is 18.2 Å². The van der Waals surface area contributed by atoms with Crippen LogP contribution in [0.2, 0.25) is 0 Å². The highest BCUT2D eigenvalue weighted by molar-refractivity contribution is 5.88. The second-order valence-electron chi connectivity index (χ2n) is 3.25. The Balaban J connectivity index is 2.21. The number of aromatic amines is 1. The standard InChI is InChI=1S/C10H9FN4O/c11-7-4-2-1-3-6(7)5-8-13-10(9(12)16)15-14-8/h1-4H,5H2,(H2,12,16)(H,13,14,15). The molecule has 0 aliphatic rings. The van der Waals surface area contributed by atoms with Crippen LogP contribution < -0.4 is 5.73 Å². The lowest BCUT2D eigenvalue weighted by Gasteiger charge is -1.98. The molecule has 0 spiro atoms. The summed E-state index contributed by atoms with van der Waals surface area (Å²) in [7, 11) is 0. The zero-order valence-electron chi connectivity index (χ0n) is 8.27. The number of nitrogens with zero attached hydrogens (tertiary/aromatic N) is 2. The number of benzene rings is 1. The number of hydrogen-bond donors (Lipinski definition) is 2. The van der Waals surface area contributed by atoms with Gasteiger partial charge in [0.1, 0.15) is 11.6 Å². The molecule has 2 rings (SSSR count). The van der Waals surface area contributed by atoms with E-state index in [0.29, 0.717) is 11.4 Å². The molecule has 3 N–H and O–H groups in total. The lowest BCUT2D eigenvalue weighted by atomic mass is 10.1. The van der Waals surface area contributed by atoms with E-state index < -0.39 is 5.91 Å². The number of nitrogens with one attached hydrogen (secondary N) is 1. The third-order valence-corrected chi connectivity index (χ3v) is 2.08. The molecule has 1 heterocycles. The van der Waals surface area contributed by atoms with Crippen LogP contribution in [0, 0.1) is 5.82 Å². The number of carbonyl (C=O) groups is 1. The van der Waals surface area contributed by atoms with E-state index in [9.17, 15) is 9.18 Å². The number of aromatic nitrogens is 3. The minimum atomic E-state index is -0.688. The predicted octanol–water partition coefficient (Wildman–Crippen LogP) is 0.633. The molecule has 0 fully saturated rings. The highest BCUT2D eigenvalue weighted by atomic mass is 19.1. The summed E-state index contributed by atoms with van der Waals surface area (Å²) >= 11 is 0. The van der Waals surface area contributed by atoms with Gasteiger partial charge >= 0.3 is 0 Å². The van der Waals surface area contributed by atoms with Crippen LogP contribution >= 0.6 is 0 Å². The highest BCUT2D eigenvalue weighted by Gasteiger charge is 2.09. The van der Waals surface area contributed by atoms with E-state index in [4.69, 9.17) is 5.73 Å². The topological polar surface area (TPSA) is 84.7 Å². The Hall–Kier alpha value is -2.24. The Labute approximate surface area is 90.5 Å². The molecular formula is C10H9FN4O. The van der Waals surface area contributed by atoms with Gasteiger partial charge in [-0.1, -0.05) is 18.2 Å². The first kappa shape index (κ1) is 10.3. The second-order valence-corrected chi connectivity index (χ2v) is 3.25. The van der Waals surface area contributed by atoms with Crippen LogP contribution in [0.4, 0.5) is 4.39 Å². The third kappa shape index (κ3) is 2.05. The normalized spacial score (nSPS) is 10.3. The van der Waals surface area contributed by atoms with Crippen molar-refractivity contribution in [2.24, 2.45) is 5.73 Å². The van der Waals surface area contributed by atoms with Gasteiger partial charge in [-0.3, -0.25) is 4.79 Å². The number of amides is 1. The zero-order chi connectivity index (χ0) is 11.5. The number of nitrogens with two attached hydrogens (primary N) is 1. The molecule has 6 heteroatoms. The molecule has 5 nitrogen and oxygen atoms in total. The Morgan fingerprint density at radius 3 is 2.75 bits per heavy atom. The van der Waals surface area contributed by atoms with Gasteiger partial charge in [-0.05, 0) is 11.6 Å². The smallest absolute Gasteiger partial charge is 0.286 e. The van der Waals surface area contributed by atoms with Gasteiger partial charge in [0.05, 0.1) is 0 Å². The lowest BCUT2D eigenvalue weighted by molar-refractivity contribution is 0.0991. The average molecular weight is 220 g/mol. The van der Waals surface area contributed by atoms with Gasteiger partial charge in [-0.25, -0.2) is 4.39 Å². The highest BCUT2D eigenvalue weighted by Crippen LogP contribution is 2.10. The van der Waals surface area contributed by atoms with Gasteiger partial charge in [0.25, 0.3) is 5.91 Å². The third-order valence-electron chi connectivity index (χ3n) is 2.08. The van der Waals surface area contributed by atoms with Gasteiger partial charge in [0.2, 0.25) is 5.82 Å². The van der Waals surface area contributed by atoms with E-state index in [0.717, 1.165) is 0 Å². The van der Waals surface area contributed by atoms with Crippen LogP contribution in [0.25, 0.3) is 0 Å². The second kappa shape index (κ2) is 4.09. The van der Waals surface area contributed by atoms with E-state index in [1.165, 1.54) is 6.07 Å². The first-order chi connectivity index (χ1) is 7.66. The summed E-state index contributed by atoms with van der Waals surface area (Å²) in [4.78, 5) is 13.4. The zero-order valence-corrected chi connectivity index (χ0v) is 8.27. The molecule has 82 valence electrons. The van der Waals surface area contributed by atoms with Crippen LogP contribution in [-0.4, -0.2) is 21.1 Å².